The van der Waals surface area contributed by atoms with Gasteiger partial charge >= 0.3 is 5.97 Å². The van der Waals surface area contributed by atoms with E-state index in [0.29, 0.717) is 12.3 Å². The van der Waals surface area contributed by atoms with E-state index in [0.717, 1.165) is 55.3 Å². The highest BCUT2D eigenvalue weighted by atomic mass is 16.5. The summed E-state index contributed by atoms with van der Waals surface area (Å²) in [5.74, 6) is 1.57. The average molecular weight is 374 g/mol. The molecule has 1 fully saturated rings. The molecule has 0 N–H and O–H groups in total. The Balaban J connectivity index is 1.57. The molecule has 1 saturated heterocycles. The fraction of sp³-hybridized carbons (Fsp3) is 0.450. The Morgan fingerprint density at radius 3 is 2.22 bits per heavy atom. The second-order valence-corrected chi connectivity index (χ2v) is 6.50. The van der Waals surface area contributed by atoms with E-state index < -0.39 is 5.97 Å². The summed E-state index contributed by atoms with van der Waals surface area (Å²) >= 11 is 0. The minimum Gasteiger partial charge on any atom is -0.497 e. The lowest BCUT2D eigenvalue weighted by Crippen LogP contribution is -2.45. The Labute approximate surface area is 159 Å². The van der Waals surface area contributed by atoms with Gasteiger partial charge < -0.3 is 18.6 Å². The molecule has 146 valence electrons. The highest BCUT2D eigenvalue weighted by molar-refractivity contribution is 5.87. The Hall–Kier alpha value is -2.51. The van der Waals surface area contributed by atoms with E-state index in [1.807, 2.05) is 24.3 Å². The lowest BCUT2D eigenvalue weighted by Gasteiger charge is -2.34. The summed E-state index contributed by atoms with van der Waals surface area (Å²) in [5, 5.41) is 0. The van der Waals surface area contributed by atoms with Crippen molar-refractivity contribution < 1.29 is 23.4 Å². The van der Waals surface area contributed by atoms with Crippen LogP contribution in [0.3, 0.4) is 0 Å². The molecule has 0 bridgehead atoms. The summed E-state index contributed by atoms with van der Waals surface area (Å²) in [6.07, 6.45) is 1.53. The van der Waals surface area contributed by atoms with Crippen LogP contribution in [-0.2, 0) is 17.8 Å². The second-order valence-electron chi connectivity index (χ2n) is 6.50. The first-order valence-electron chi connectivity index (χ1n) is 8.95. The topological polar surface area (TPSA) is 64.4 Å². The van der Waals surface area contributed by atoms with Gasteiger partial charge in [0.15, 0.2) is 0 Å². The molecule has 0 aliphatic carbocycles. The zero-order valence-electron chi connectivity index (χ0n) is 16.1. The van der Waals surface area contributed by atoms with E-state index in [1.165, 1.54) is 13.4 Å². The van der Waals surface area contributed by atoms with Gasteiger partial charge in [-0.05, 0) is 24.3 Å². The van der Waals surface area contributed by atoms with Gasteiger partial charge in [-0.15, -0.1) is 0 Å². The van der Waals surface area contributed by atoms with Crippen molar-refractivity contribution in [3.05, 3.63) is 47.4 Å². The molecular formula is C20H26N2O5. The quantitative estimate of drug-likeness (QED) is 0.690. The number of benzene rings is 1. The molecule has 1 aromatic heterocycles. The van der Waals surface area contributed by atoms with Gasteiger partial charge in [-0.25, -0.2) is 4.79 Å². The highest BCUT2D eigenvalue weighted by Crippen LogP contribution is 2.26. The van der Waals surface area contributed by atoms with Crippen molar-refractivity contribution in [3.63, 3.8) is 0 Å². The summed E-state index contributed by atoms with van der Waals surface area (Å²) < 4.78 is 20.8. The molecule has 2 aromatic rings. The summed E-state index contributed by atoms with van der Waals surface area (Å²) in [5.41, 5.74) is 1.98. The number of piperazine rings is 1. The summed E-state index contributed by atoms with van der Waals surface area (Å²) in [6.45, 7) is 5.19. The zero-order valence-corrected chi connectivity index (χ0v) is 16.1. The number of furan rings is 1. The zero-order chi connectivity index (χ0) is 19.2. The Morgan fingerprint density at radius 1 is 0.963 bits per heavy atom. The number of hydrogen-bond acceptors (Lipinski definition) is 7. The Bertz CT molecular complexity index is 765. The molecule has 1 aliphatic rings. The third-order valence-electron chi connectivity index (χ3n) is 4.86. The average Bonchev–Trinajstić information content (AvgIpc) is 3.17. The van der Waals surface area contributed by atoms with Crippen LogP contribution in [0.4, 0.5) is 0 Å². The molecule has 7 nitrogen and oxygen atoms in total. The molecule has 0 radical (unpaired) electrons. The summed E-state index contributed by atoms with van der Waals surface area (Å²) in [6, 6.07) is 7.71. The van der Waals surface area contributed by atoms with E-state index in [-0.39, 0.29) is 0 Å². The summed E-state index contributed by atoms with van der Waals surface area (Å²) in [4.78, 5) is 16.4. The first-order valence-corrected chi connectivity index (χ1v) is 8.95. The van der Waals surface area contributed by atoms with E-state index >= 15 is 0 Å². The molecule has 27 heavy (non-hydrogen) atoms. The SMILES string of the molecule is COC(=O)c1occc1CN1CCN(Cc2cc(OC)ccc2OC)CC1. The fourth-order valence-corrected chi connectivity index (χ4v) is 3.32. The van der Waals surface area contributed by atoms with Crippen molar-refractivity contribution in [1.82, 2.24) is 9.80 Å². The number of carbonyl (C=O) groups excluding carboxylic acids is 1. The molecule has 0 unspecified atom stereocenters. The van der Waals surface area contributed by atoms with E-state index in [2.05, 4.69) is 9.80 Å². The van der Waals surface area contributed by atoms with Gasteiger partial charge in [-0.2, -0.15) is 0 Å². The van der Waals surface area contributed by atoms with Crippen LogP contribution in [0.2, 0.25) is 0 Å². The number of carbonyl (C=O) groups is 1. The normalized spacial score (nSPS) is 15.5. The minimum atomic E-state index is -0.432. The second kappa shape index (κ2) is 8.92. The predicted octanol–water partition coefficient (Wildman–Crippen LogP) is 2.40. The first-order chi connectivity index (χ1) is 13.1. The van der Waals surface area contributed by atoms with Crippen LogP contribution in [-0.4, -0.2) is 63.3 Å². The first kappa shape index (κ1) is 19.3. The van der Waals surface area contributed by atoms with Crippen LogP contribution in [0.25, 0.3) is 0 Å². The minimum absolute atomic E-state index is 0.293. The molecule has 1 aliphatic heterocycles. The highest BCUT2D eigenvalue weighted by Gasteiger charge is 2.22. The molecule has 2 heterocycles. The number of methoxy groups -OCH3 is 3. The van der Waals surface area contributed by atoms with E-state index in [9.17, 15) is 4.79 Å². The third-order valence-corrected chi connectivity index (χ3v) is 4.86. The smallest absolute Gasteiger partial charge is 0.374 e. The van der Waals surface area contributed by atoms with Crippen molar-refractivity contribution in [2.24, 2.45) is 0 Å². The van der Waals surface area contributed by atoms with Gasteiger partial charge in [-0.1, -0.05) is 0 Å². The Morgan fingerprint density at radius 2 is 1.63 bits per heavy atom. The van der Waals surface area contributed by atoms with Crippen LogP contribution in [0.5, 0.6) is 11.5 Å². The maximum absolute atomic E-state index is 11.7. The van der Waals surface area contributed by atoms with Crippen LogP contribution in [0, 0.1) is 0 Å². The van der Waals surface area contributed by atoms with Crippen molar-refractivity contribution in [2.75, 3.05) is 47.5 Å². The van der Waals surface area contributed by atoms with Gasteiger partial charge in [0, 0.05) is 50.4 Å². The van der Waals surface area contributed by atoms with Gasteiger partial charge in [0.05, 0.1) is 27.6 Å². The predicted molar refractivity (Wildman–Crippen MR) is 100 cm³/mol. The molecule has 1 aromatic carbocycles. The van der Waals surface area contributed by atoms with Gasteiger partial charge in [-0.3, -0.25) is 9.80 Å². The van der Waals surface area contributed by atoms with E-state index in [4.69, 9.17) is 18.6 Å². The molecule has 3 rings (SSSR count). The van der Waals surface area contributed by atoms with Crippen LogP contribution >= 0.6 is 0 Å². The van der Waals surface area contributed by atoms with Crippen molar-refractivity contribution >= 4 is 5.97 Å². The maximum atomic E-state index is 11.7. The van der Waals surface area contributed by atoms with Gasteiger partial charge in [0.1, 0.15) is 11.5 Å². The number of esters is 1. The van der Waals surface area contributed by atoms with Crippen molar-refractivity contribution in [2.45, 2.75) is 13.1 Å². The van der Waals surface area contributed by atoms with Crippen LogP contribution in [0.15, 0.2) is 34.9 Å². The number of nitrogens with zero attached hydrogens (tertiary/aromatic N) is 2. The Kier molecular flexibility index (Phi) is 6.36. The van der Waals surface area contributed by atoms with Crippen molar-refractivity contribution in [1.29, 1.82) is 0 Å². The number of rotatable bonds is 7. The van der Waals surface area contributed by atoms with Crippen molar-refractivity contribution in [3.8, 4) is 11.5 Å². The number of hydrogen-bond donors (Lipinski definition) is 0. The third kappa shape index (κ3) is 4.61. The summed E-state index contributed by atoms with van der Waals surface area (Å²) in [7, 11) is 4.72. The number of ether oxygens (including phenoxy) is 3. The fourth-order valence-electron chi connectivity index (χ4n) is 3.32. The maximum Gasteiger partial charge on any atom is 0.374 e. The molecule has 0 spiro atoms. The van der Waals surface area contributed by atoms with Gasteiger partial charge in [0.25, 0.3) is 0 Å². The molecular weight excluding hydrogens is 348 g/mol. The van der Waals surface area contributed by atoms with Crippen LogP contribution < -0.4 is 9.47 Å². The molecule has 0 saturated carbocycles. The van der Waals surface area contributed by atoms with Crippen LogP contribution in [0.1, 0.15) is 21.7 Å². The molecule has 0 amide bonds. The lowest BCUT2D eigenvalue weighted by molar-refractivity contribution is 0.0559. The molecule has 0 atom stereocenters. The molecule has 7 heteroatoms. The lowest BCUT2D eigenvalue weighted by atomic mass is 10.1. The largest absolute Gasteiger partial charge is 0.497 e. The van der Waals surface area contributed by atoms with E-state index in [1.54, 1.807) is 14.2 Å². The monoisotopic (exact) mass is 374 g/mol. The standard InChI is InChI=1S/C20H26N2O5/c1-24-17-4-5-18(25-2)16(12-17)14-22-9-7-21(8-10-22)13-15-6-11-27-19(15)20(23)26-3/h4-6,11-12H,7-10,13-14H2,1-3H3. The van der Waals surface area contributed by atoms with Gasteiger partial charge in [0.2, 0.25) is 5.76 Å².